The van der Waals surface area contributed by atoms with E-state index in [-0.39, 0.29) is 0 Å². The third-order valence-corrected chi connectivity index (χ3v) is 2.70. The van der Waals surface area contributed by atoms with Gasteiger partial charge in [0.15, 0.2) is 0 Å². The minimum atomic E-state index is 0.810. The molecular formula is C10H20N2. The maximum Gasteiger partial charge on any atom is 0.0955 e. The molecule has 0 atom stereocenters. The lowest BCUT2D eigenvalue weighted by Crippen LogP contribution is -2.33. The molecule has 0 heterocycles. The van der Waals surface area contributed by atoms with Crippen molar-refractivity contribution in [2.75, 3.05) is 13.6 Å². The molecule has 1 N–H and O–H groups in total. The second-order valence-corrected chi connectivity index (χ2v) is 3.87. The largest absolute Gasteiger partial charge is 0.363 e. The second kappa shape index (κ2) is 4.48. The highest BCUT2D eigenvalue weighted by molar-refractivity contribution is 5.78. The van der Waals surface area contributed by atoms with Crippen LogP contribution in [0.3, 0.4) is 0 Å². The van der Waals surface area contributed by atoms with Crippen LogP contribution in [0.1, 0.15) is 39.0 Å². The fourth-order valence-corrected chi connectivity index (χ4v) is 1.60. The summed E-state index contributed by atoms with van der Waals surface area (Å²) in [6.07, 6.45) is 6.18. The van der Waals surface area contributed by atoms with Crippen molar-refractivity contribution < 1.29 is 0 Å². The van der Waals surface area contributed by atoms with Gasteiger partial charge in [-0.3, -0.25) is 5.41 Å². The highest BCUT2D eigenvalue weighted by atomic mass is 15.1. The van der Waals surface area contributed by atoms with Gasteiger partial charge < -0.3 is 4.90 Å². The fraction of sp³-hybridized carbons (Fsp3) is 0.900. The highest BCUT2D eigenvalue weighted by Gasteiger charge is 2.19. The summed E-state index contributed by atoms with van der Waals surface area (Å²) in [6, 6.07) is 0. The summed E-state index contributed by atoms with van der Waals surface area (Å²) < 4.78 is 0. The maximum atomic E-state index is 7.71. The minimum Gasteiger partial charge on any atom is -0.363 e. The standard InChI is InChI=1S/C10H20N2/c1-3-5-10(11)12(2)8-9-6-4-7-9/h9,11H,3-8H2,1-2H3. The van der Waals surface area contributed by atoms with Gasteiger partial charge in [0.25, 0.3) is 0 Å². The van der Waals surface area contributed by atoms with E-state index in [0.717, 1.165) is 31.1 Å². The Labute approximate surface area is 75.5 Å². The third-order valence-electron chi connectivity index (χ3n) is 2.70. The lowest BCUT2D eigenvalue weighted by Gasteiger charge is -2.31. The Bertz CT molecular complexity index is 150. The van der Waals surface area contributed by atoms with Crippen molar-refractivity contribution in [2.45, 2.75) is 39.0 Å². The first-order chi connectivity index (χ1) is 5.74. The SMILES string of the molecule is CCCC(=N)N(C)CC1CCC1. The van der Waals surface area contributed by atoms with Crippen molar-refractivity contribution in [3.8, 4) is 0 Å². The molecule has 2 heteroatoms. The Morgan fingerprint density at radius 3 is 2.58 bits per heavy atom. The maximum absolute atomic E-state index is 7.71. The fourth-order valence-electron chi connectivity index (χ4n) is 1.60. The molecule has 2 nitrogen and oxygen atoms in total. The molecule has 12 heavy (non-hydrogen) atoms. The monoisotopic (exact) mass is 168 g/mol. The van der Waals surface area contributed by atoms with Crippen molar-refractivity contribution in [3.05, 3.63) is 0 Å². The third kappa shape index (κ3) is 2.50. The molecule has 1 aliphatic carbocycles. The molecule has 0 bridgehead atoms. The van der Waals surface area contributed by atoms with E-state index in [1.54, 1.807) is 0 Å². The van der Waals surface area contributed by atoms with Gasteiger partial charge in [0, 0.05) is 20.0 Å². The molecule has 0 aliphatic heterocycles. The Kier molecular flexibility index (Phi) is 3.57. The lowest BCUT2D eigenvalue weighted by molar-refractivity contribution is 0.256. The first-order valence-corrected chi connectivity index (χ1v) is 5.02. The summed E-state index contributed by atoms with van der Waals surface area (Å²) in [4.78, 5) is 2.12. The van der Waals surface area contributed by atoms with E-state index in [2.05, 4.69) is 18.9 Å². The van der Waals surface area contributed by atoms with Crippen molar-refractivity contribution in [1.82, 2.24) is 4.90 Å². The van der Waals surface area contributed by atoms with Crippen molar-refractivity contribution in [1.29, 1.82) is 5.41 Å². The quantitative estimate of drug-likeness (QED) is 0.507. The summed E-state index contributed by atoms with van der Waals surface area (Å²) in [6.45, 7) is 3.24. The zero-order valence-corrected chi connectivity index (χ0v) is 8.27. The van der Waals surface area contributed by atoms with Crippen LogP contribution in [0.25, 0.3) is 0 Å². The number of amidine groups is 1. The van der Waals surface area contributed by atoms with Crippen LogP contribution < -0.4 is 0 Å². The first kappa shape index (κ1) is 9.56. The summed E-state index contributed by atoms with van der Waals surface area (Å²) in [7, 11) is 2.05. The summed E-state index contributed by atoms with van der Waals surface area (Å²) in [5, 5.41) is 7.71. The van der Waals surface area contributed by atoms with Crippen LogP contribution in [-0.4, -0.2) is 24.3 Å². The summed E-state index contributed by atoms with van der Waals surface area (Å²) >= 11 is 0. The molecule has 0 aromatic rings. The van der Waals surface area contributed by atoms with Gasteiger partial charge in [-0.2, -0.15) is 0 Å². The van der Waals surface area contributed by atoms with E-state index in [1.807, 2.05) is 0 Å². The zero-order chi connectivity index (χ0) is 8.97. The van der Waals surface area contributed by atoms with Gasteiger partial charge in [-0.1, -0.05) is 13.3 Å². The highest BCUT2D eigenvalue weighted by Crippen LogP contribution is 2.26. The molecule has 1 saturated carbocycles. The molecule has 0 unspecified atom stereocenters. The second-order valence-electron chi connectivity index (χ2n) is 3.87. The van der Waals surface area contributed by atoms with Gasteiger partial charge >= 0.3 is 0 Å². The number of rotatable bonds is 4. The van der Waals surface area contributed by atoms with Gasteiger partial charge in [0.1, 0.15) is 0 Å². The Hall–Kier alpha value is -0.530. The van der Waals surface area contributed by atoms with Gasteiger partial charge in [0.05, 0.1) is 5.84 Å². The van der Waals surface area contributed by atoms with Crippen molar-refractivity contribution in [3.63, 3.8) is 0 Å². The molecule has 0 amide bonds. The number of nitrogens with zero attached hydrogens (tertiary/aromatic N) is 1. The molecule has 70 valence electrons. The molecule has 1 rings (SSSR count). The van der Waals surface area contributed by atoms with Crippen molar-refractivity contribution in [2.24, 2.45) is 5.92 Å². The van der Waals surface area contributed by atoms with E-state index < -0.39 is 0 Å². The molecule has 0 spiro atoms. The molecule has 0 saturated heterocycles. The van der Waals surface area contributed by atoms with Crippen LogP contribution in [0.2, 0.25) is 0 Å². The van der Waals surface area contributed by atoms with Gasteiger partial charge in [-0.25, -0.2) is 0 Å². The molecular weight excluding hydrogens is 148 g/mol. The van der Waals surface area contributed by atoms with Crippen LogP contribution >= 0.6 is 0 Å². The minimum absolute atomic E-state index is 0.810. The van der Waals surface area contributed by atoms with Crippen LogP contribution in [0.15, 0.2) is 0 Å². The molecule has 0 aromatic carbocycles. The number of nitrogens with one attached hydrogen (secondary N) is 1. The number of hydrogen-bond acceptors (Lipinski definition) is 1. The van der Waals surface area contributed by atoms with Gasteiger partial charge in [-0.15, -0.1) is 0 Å². The first-order valence-electron chi connectivity index (χ1n) is 5.02. The van der Waals surface area contributed by atoms with E-state index in [4.69, 9.17) is 5.41 Å². The average molecular weight is 168 g/mol. The van der Waals surface area contributed by atoms with Crippen LogP contribution in [0, 0.1) is 11.3 Å². The zero-order valence-electron chi connectivity index (χ0n) is 8.27. The van der Waals surface area contributed by atoms with Crippen LogP contribution in [-0.2, 0) is 0 Å². The summed E-state index contributed by atoms with van der Waals surface area (Å²) in [5.74, 6) is 1.69. The van der Waals surface area contributed by atoms with Gasteiger partial charge in [0.2, 0.25) is 0 Å². The Morgan fingerprint density at radius 1 is 1.50 bits per heavy atom. The molecule has 1 fully saturated rings. The Morgan fingerprint density at radius 2 is 2.17 bits per heavy atom. The predicted molar refractivity (Wildman–Crippen MR) is 52.6 cm³/mol. The van der Waals surface area contributed by atoms with Crippen LogP contribution in [0.5, 0.6) is 0 Å². The van der Waals surface area contributed by atoms with E-state index in [9.17, 15) is 0 Å². The number of hydrogen-bond donors (Lipinski definition) is 1. The summed E-state index contributed by atoms with van der Waals surface area (Å²) in [5.41, 5.74) is 0. The lowest BCUT2D eigenvalue weighted by atomic mass is 9.85. The van der Waals surface area contributed by atoms with E-state index in [1.165, 1.54) is 19.3 Å². The van der Waals surface area contributed by atoms with E-state index >= 15 is 0 Å². The smallest absolute Gasteiger partial charge is 0.0955 e. The van der Waals surface area contributed by atoms with Crippen LogP contribution in [0.4, 0.5) is 0 Å². The molecule has 0 radical (unpaired) electrons. The molecule has 1 aliphatic rings. The van der Waals surface area contributed by atoms with Gasteiger partial charge in [-0.05, 0) is 25.2 Å². The van der Waals surface area contributed by atoms with Crippen molar-refractivity contribution >= 4 is 5.84 Å². The normalized spacial score (nSPS) is 17.2. The molecule has 0 aromatic heterocycles. The topological polar surface area (TPSA) is 27.1 Å². The average Bonchev–Trinajstić information content (AvgIpc) is 1.97. The van der Waals surface area contributed by atoms with E-state index in [0.29, 0.717) is 0 Å². The Balaban J connectivity index is 2.16. The predicted octanol–water partition coefficient (Wildman–Crippen LogP) is 2.50.